The summed E-state index contributed by atoms with van der Waals surface area (Å²) < 4.78 is 14.4. The van der Waals surface area contributed by atoms with E-state index in [0.717, 1.165) is 51.9 Å². The zero-order valence-electron chi connectivity index (χ0n) is 14.8. The number of benzene rings is 1. The Kier molecular flexibility index (Phi) is 6.64. The molecule has 0 aliphatic carbocycles. The highest BCUT2D eigenvalue weighted by molar-refractivity contribution is 9.10. The van der Waals surface area contributed by atoms with Crippen LogP contribution in [0.3, 0.4) is 0 Å². The Labute approximate surface area is 162 Å². The van der Waals surface area contributed by atoms with E-state index < -0.39 is 5.82 Å². The number of carbonyl (C=O) groups is 2. The molecule has 142 valence electrons. The standard InChI is InChI=1S/C19H25BrFN3O2/c20-15-3-4-17(16(21)13-15)22-18(25)7-12-23-10-5-14(6-11-23)19(26)24-8-1-2-9-24/h3-4,13-14H,1-2,5-12H2,(H,22,25). The summed E-state index contributed by atoms with van der Waals surface area (Å²) in [5, 5.41) is 2.62. The fraction of sp³-hybridized carbons (Fsp3) is 0.579. The van der Waals surface area contributed by atoms with Crippen molar-refractivity contribution in [1.82, 2.24) is 9.80 Å². The molecule has 2 amide bonds. The van der Waals surface area contributed by atoms with Gasteiger partial charge >= 0.3 is 0 Å². The maximum absolute atomic E-state index is 13.8. The Morgan fingerprint density at radius 2 is 1.85 bits per heavy atom. The van der Waals surface area contributed by atoms with Gasteiger partial charge in [0.25, 0.3) is 0 Å². The summed E-state index contributed by atoms with van der Waals surface area (Å²) in [5.41, 5.74) is 0.202. The molecule has 2 saturated heterocycles. The Hall–Kier alpha value is -1.47. The van der Waals surface area contributed by atoms with Gasteiger partial charge in [0.1, 0.15) is 5.82 Å². The first kappa shape index (κ1) is 19.3. The van der Waals surface area contributed by atoms with Gasteiger partial charge in [0, 0.05) is 36.4 Å². The van der Waals surface area contributed by atoms with Crippen LogP contribution in [0.15, 0.2) is 22.7 Å². The topological polar surface area (TPSA) is 52.7 Å². The first-order chi connectivity index (χ1) is 12.5. The third kappa shape index (κ3) is 5.04. The minimum absolute atomic E-state index is 0.134. The number of hydrogen-bond donors (Lipinski definition) is 1. The minimum atomic E-state index is -0.450. The van der Waals surface area contributed by atoms with Gasteiger partial charge in [-0.2, -0.15) is 0 Å². The smallest absolute Gasteiger partial charge is 0.225 e. The summed E-state index contributed by atoms with van der Waals surface area (Å²) in [4.78, 5) is 28.7. The largest absolute Gasteiger partial charge is 0.342 e. The van der Waals surface area contributed by atoms with Crippen molar-refractivity contribution in [2.45, 2.75) is 32.1 Å². The van der Waals surface area contributed by atoms with Gasteiger partial charge in [-0.1, -0.05) is 15.9 Å². The number of anilines is 1. The number of halogens is 2. The summed E-state index contributed by atoms with van der Waals surface area (Å²) in [6.45, 7) is 4.13. The first-order valence-electron chi connectivity index (χ1n) is 9.29. The van der Waals surface area contributed by atoms with E-state index in [1.54, 1.807) is 12.1 Å². The van der Waals surface area contributed by atoms with Gasteiger partial charge in [0.2, 0.25) is 11.8 Å². The molecule has 0 aromatic heterocycles. The summed E-state index contributed by atoms with van der Waals surface area (Å²) in [6, 6.07) is 4.57. The molecule has 2 heterocycles. The molecule has 7 heteroatoms. The van der Waals surface area contributed by atoms with E-state index in [9.17, 15) is 14.0 Å². The molecule has 3 rings (SSSR count). The molecule has 0 bridgehead atoms. The van der Waals surface area contributed by atoms with E-state index in [2.05, 4.69) is 26.1 Å². The summed E-state index contributed by atoms with van der Waals surface area (Å²) >= 11 is 3.20. The molecule has 1 aromatic rings. The van der Waals surface area contributed by atoms with Gasteiger partial charge in [-0.25, -0.2) is 4.39 Å². The molecule has 26 heavy (non-hydrogen) atoms. The first-order valence-corrected chi connectivity index (χ1v) is 10.1. The third-order valence-electron chi connectivity index (χ3n) is 5.21. The second-order valence-electron chi connectivity index (χ2n) is 7.07. The number of likely N-dealkylation sites (tertiary alicyclic amines) is 2. The normalized spacial score (nSPS) is 18.9. The third-order valence-corrected chi connectivity index (χ3v) is 5.71. The molecule has 0 unspecified atom stereocenters. The fourth-order valence-corrected chi connectivity index (χ4v) is 4.00. The van der Waals surface area contributed by atoms with Crippen molar-refractivity contribution in [3.05, 3.63) is 28.5 Å². The van der Waals surface area contributed by atoms with Crippen LogP contribution in [0, 0.1) is 11.7 Å². The molecule has 1 aromatic carbocycles. The lowest BCUT2D eigenvalue weighted by atomic mass is 9.95. The number of carbonyl (C=O) groups excluding carboxylic acids is 2. The van der Waals surface area contributed by atoms with Crippen LogP contribution in [0.1, 0.15) is 32.1 Å². The van der Waals surface area contributed by atoms with E-state index in [-0.39, 0.29) is 17.5 Å². The number of nitrogens with zero attached hydrogens (tertiary/aromatic N) is 2. The molecule has 0 radical (unpaired) electrons. The van der Waals surface area contributed by atoms with E-state index in [1.807, 2.05) is 4.90 Å². The van der Waals surface area contributed by atoms with Crippen LogP contribution in [0.25, 0.3) is 0 Å². The Morgan fingerprint density at radius 1 is 1.15 bits per heavy atom. The zero-order valence-corrected chi connectivity index (χ0v) is 16.4. The lowest BCUT2D eigenvalue weighted by Gasteiger charge is -2.33. The van der Waals surface area contributed by atoms with Gasteiger partial charge in [-0.05, 0) is 57.0 Å². The maximum atomic E-state index is 13.8. The van der Waals surface area contributed by atoms with Crippen LogP contribution < -0.4 is 5.32 Å². The second kappa shape index (κ2) is 8.95. The van der Waals surface area contributed by atoms with Crippen LogP contribution in [-0.4, -0.2) is 54.3 Å². The number of amides is 2. The number of rotatable bonds is 5. The summed E-state index contributed by atoms with van der Waals surface area (Å²) in [5.74, 6) is -0.198. The Balaban J connectivity index is 1.39. The predicted molar refractivity (Wildman–Crippen MR) is 102 cm³/mol. The zero-order chi connectivity index (χ0) is 18.5. The second-order valence-corrected chi connectivity index (χ2v) is 7.99. The number of hydrogen-bond acceptors (Lipinski definition) is 3. The van der Waals surface area contributed by atoms with Crippen molar-refractivity contribution in [3.63, 3.8) is 0 Å². The van der Waals surface area contributed by atoms with Crippen LogP contribution in [0.4, 0.5) is 10.1 Å². The Morgan fingerprint density at radius 3 is 2.50 bits per heavy atom. The van der Waals surface area contributed by atoms with Crippen LogP contribution in [0.5, 0.6) is 0 Å². The van der Waals surface area contributed by atoms with E-state index in [0.29, 0.717) is 23.3 Å². The van der Waals surface area contributed by atoms with E-state index in [1.165, 1.54) is 6.07 Å². The van der Waals surface area contributed by atoms with Crippen LogP contribution in [0.2, 0.25) is 0 Å². The molecule has 0 spiro atoms. The van der Waals surface area contributed by atoms with E-state index in [4.69, 9.17) is 0 Å². The highest BCUT2D eigenvalue weighted by Crippen LogP contribution is 2.22. The van der Waals surface area contributed by atoms with E-state index >= 15 is 0 Å². The van der Waals surface area contributed by atoms with Crippen molar-refractivity contribution in [3.8, 4) is 0 Å². The van der Waals surface area contributed by atoms with Crippen molar-refractivity contribution < 1.29 is 14.0 Å². The van der Waals surface area contributed by atoms with Gasteiger partial charge < -0.3 is 15.1 Å². The quantitative estimate of drug-likeness (QED) is 0.787. The molecule has 0 saturated carbocycles. The van der Waals surface area contributed by atoms with Gasteiger partial charge in [0.05, 0.1) is 5.69 Å². The van der Waals surface area contributed by atoms with Crippen LogP contribution in [-0.2, 0) is 9.59 Å². The average Bonchev–Trinajstić information content (AvgIpc) is 3.17. The predicted octanol–water partition coefficient (Wildman–Crippen LogP) is 3.25. The monoisotopic (exact) mass is 425 g/mol. The molecule has 2 fully saturated rings. The molecular weight excluding hydrogens is 401 g/mol. The highest BCUT2D eigenvalue weighted by Gasteiger charge is 2.29. The molecule has 2 aliphatic rings. The lowest BCUT2D eigenvalue weighted by Crippen LogP contribution is -2.42. The summed E-state index contributed by atoms with van der Waals surface area (Å²) in [7, 11) is 0. The minimum Gasteiger partial charge on any atom is -0.342 e. The Bertz CT molecular complexity index is 656. The number of piperidine rings is 1. The molecule has 2 aliphatic heterocycles. The average molecular weight is 426 g/mol. The van der Waals surface area contributed by atoms with Crippen molar-refractivity contribution in [2.24, 2.45) is 5.92 Å². The van der Waals surface area contributed by atoms with Crippen molar-refractivity contribution in [1.29, 1.82) is 0 Å². The lowest BCUT2D eigenvalue weighted by molar-refractivity contribution is -0.136. The summed E-state index contributed by atoms with van der Waals surface area (Å²) in [6.07, 6.45) is 4.29. The van der Waals surface area contributed by atoms with Gasteiger partial charge in [-0.15, -0.1) is 0 Å². The number of nitrogens with one attached hydrogen (secondary N) is 1. The van der Waals surface area contributed by atoms with Gasteiger partial charge in [0.15, 0.2) is 0 Å². The van der Waals surface area contributed by atoms with Crippen molar-refractivity contribution >= 4 is 33.4 Å². The van der Waals surface area contributed by atoms with Crippen LogP contribution >= 0.6 is 15.9 Å². The molecule has 5 nitrogen and oxygen atoms in total. The molecule has 1 N–H and O–H groups in total. The van der Waals surface area contributed by atoms with Crippen molar-refractivity contribution in [2.75, 3.05) is 38.0 Å². The highest BCUT2D eigenvalue weighted by atomic mass is 79.9. The fourth-order valence-electron chi connectivity index (χ4n) is 3.66. The molecular formula is C19H25BrFN3O2. The SMILES string of the molecule is O=C(CCN1CCC(C(=O)N2CCCC2)CC1)Nc1ccc(Br)cc1F. The molecule has 0 atom stereocenters. The van der Waals surface area contributed by atoms with Gasteiger partial charge in [-0.3, -0.25) is 9.59 Å². The maximum Gasteiger partial charge on any atom is 0.225 e.